The normalized spacial score (nSPS) is 12.2. The first-order chi connectivity index (χ1) is 9.06. The van der Waals surface area contributed by atoms with Gasteiger partial charge in [0, 0.05) is 25.8 Å². The first kappa shape index (κ1) is 15.5. The largest absolute Gasteiger partial charge is 0.480 e. The smallest absolute Gasteiger partial charge is 0.258 e. The Labute approximate surface area is 114 Å². The maximum absolute atomic E-state index is 11.1. The predicted molar refractivity (Wildman–Crippen MR) is 74.0 cm³/mol. The lowest BCUT2D eigenvalue weighted by Crippen LogP contribution is -2.31. The Hall–Kier alpha value is -1.59. The molecule has 1 atom stereocenters. The zero-order valence-corrected chi connectivity index (χ0v) is 11.7. The Balaban J connectivity index is 2.74. The molecule has 0 saturated carbocycles. The van der Waals surface area contributed by atoms with Crippen LogP contribution >= 0.6 is 0 Å². The standard InChI is InChI=1S/C14H22N2O3/c1-10-5-4-6-12(9-16-7-8-18-3)13(10)19-11(2)14(15)17/h4-6,11,16H,7-9H2,1-3H3,(H2,15,17). The van der Waals surface area contributed by atoms with Crippen LogP contribution < -0.4 is 15.8 Å². The van der Waals surface area contributed by atoms with E-state index < -0.39 is 12.0 Å². The predicted octanol–water partition coefficient (Wildman–Crippen LogP) is 0.984. The molecule has 0 spiro atoms. The van der Waals surface area contributed by atoms with E-state index >= 15 is 0 Å². The minimum absolute atomic E-state index is 0.471. The van der Waals surface area contributed by atoms with Crippen molar-refractivity contribution in [3.05, 3.63) is 29.3 Å². The topological polar surface area (TPSA) is 73.6 Å². The Bertz CT molecular complexity index is 421. The van der Waals surface area contributed by atoms with Crippen molar-refractivity contribution >= 4 is 5.91 Å². The second-order valence-electron chi connectivity index (χ2n) is 4.40. The molecule has 1 rings (SSSR count). The Morgan fingerprint density at radius 2 is 2.21 bits per heavy atom. The minimum atomic E-state index is -0.640. The SMILES string of the molecule is COCCNCc1cccc(C)c1OC(C)C(N)=O. The number of carbonyl (C=O) groups excluding carboxylic acids is 1. The number of carbonyl (C=O) groups is 1. The van der Waals surface area contributed by atoms with Gasteiger partial charge in [-0.1, -0.05) is 18.2 Å². The van der Waals surface area contributed by atoms with Crippen LogP contribution in [0.3, 0.4) is 0 Å². The summed E-state index contributed by atoms with van der Waals surface area (Å²) in [5, 5.41) is 3.25. The van der Waals surface area contributed by atoms with Crippen molar-refractivity contribution in [3.63, 3.8) is 0 Å². The monoisotopic (exact) mass is 266 g/mol. The van der Waals surface area contributed by atoms with Gasteiger partial charge in [-0.05, 0) is 19.4 Å². The van der Waals surface area contributed by atoms with Crippen molar-refractivity contribution < 1.29 is 14.3 Å². The summed E-state index contributed by atoms with van der Waals surface area (Å²) in [6.07, 6.45) is -0.640. The molecule has 1 unspecified atom stereocenters. The first-order valence-corrected chi connectivity index (χ1v) is 6.30. The van der Waals surface area contributed by atoms with Gasteiger partial charge < -0.3 is 20.5 Å². The van der Waals surface area contributed by atoms with E-state index in [0.29, 0.717) is 13.2 Å². The highest BCUT2D eigenvalue weighted by Crippen LogP contribution is 2.24. The Kier molecular flexibility index (Phi) is 6.32. The Morgan fingerprint density at radius 1 is 1.47 bits per heavy atom. The number of ether oxygens (including phenoxy) is 2. The summed E-state index contributed by atoms with van der Waals surface area (Å²) in [6.45, 7) is 5.67. The van der Waals surface area contributed by atoms with Gasteiger partial charge in [-0.25, -0.2) is 0 Å². The highest BCUT2D eigenvalue weighted by atomic mass is 16.5. The lowest BCUT2D eigenvalue weighted by Gasteiger charge is -2.17. The van der Waals surface area contributed by atoms with E-state index in [1.807, 2.05) is 25.1 Å². The molecule has 0 radical (unpaired) electrons. The van der Waals surface area contributed by atoms with Crippen LogP contribution in [-0.2, 0) is 16.1 Å². The van der Waals surface area contributed by atoms with E-state index in [1.54, 1.807) is 14.0 Å². The average Bonchev–Trinajstić information content (AvgIpc) is 2.38. The van der Waals surface area contributed by atoms with Crippen molar-refractivity contribution in [2.24, 2.45) is 5.73 Å². The van der Waals surface area contributed by atoms with E-state index in [0.717, 1.165) is 23.4 Å². The van der Waals surface area contributed by atoms with Crippen LogP contribution in [0.4, 0.5) is 0 Å². The molecule has 5 heteroatoms. The number of amides is 1. The second-order valence-corrected chi connectivity index (χ2v) is 4.40. The van der Waals surface area contributed by atoms with Gasteiger partial charge in [0.05, 0.1) is 6.61 Å². The molecule has 0 aliphatic heterocycles. The van der Waals surface area contributed by atoms with Crippen LogP contribution in [0.2, 0.25) is 0 Å². The molecular formula is C14H22N2O3. The third-order valence-corrected chi connectivity index (χ3v) is 2.79. The summed E-state index contributed by atoms with van der Waals surface area (Å²) in [6, 6.07) is 5.88. The number of hydrogen-bond donors (Lipinski definition) is 2. The molecular weight excluding hydrogens is 244 g/mol. The molecule has 0 aromatic heterocycles. The molecule has 1 amide bonds. The van der Waals surface area contributed by atoms with Gasteiger partial charge in [-0.2, -0.15) is 0 Å². The molecule has 0 heterocycles. The number of para-hydroxylation sites is 1. The van der Waals surface area contributed by atoms with Crippen molar-refractivity contribution in [2.45, 2.75) is 26.5 Å². The first-order valence-electron chi connectivity index (χ1n) is 6.30. The highest BCUT2D eigenvalue weighted by molar-refractivity contribution is 5.78. The summed E-state index contributed by atoms with van der Waals surface area (Å²) < 4.78 is 10.6. The van der Waals surface area contributed by atoms with Crippen LogP contribution in [-0.4, -0.2) is 32.3 Å². The Morgan fingerprint density at radius 3 is 2.84 bits per heavy atom. The molecule has 5 nitrogen and oxygen atoms in total. The van der Waals surface area contributed by atoms with Crippen LogP contribution in [0.25, 0.3) is 0 Å². The number of aryl methyl sites for hydroxylation is 1. The fourth-order valence-corrected chi connectivity index (χ4v) is 1.65. The van der Waals surface area contributed by atoms with Crippen LogP contribution in [0.5, 0.6) is 5.75 Å². The van der Waals surface area contributed by atoms with Gasteiger partial charge in [0.1, 0.15) is 5.75 Å². The summed E-state index contributed by atoms with van der Waals surface area (Å²) in [7, 11) is 1.66. The summed E-state index contributed by atoms with van der Waals surface area (Å²) >= 11 is 0. The third-order valence-electron chi connectivity index (χ3n) is 2.79. The van der Waals surface area contributed by atoms with E-state index in [-0.39, 0.29) is 0 Å². The molecule has 3 N–H and O–H groups in total. The van der Waals surface area contributed by atoms with Crippen molar-refractivity contribution in [1.29, 1.82) is 0 Å². The van der Waals surface area contributed by atoms with Gasteiger partial charge in [0.25, 0.3) is 5.91 Å². The molecule has 106 valence electrons. The van der Waals surface area contributed by atoms with E-state index in [1.165, 1.54) is 0 Å². The number of primary amides is 1. The lowest BCUT2D eigenvalue weighted by atomic mass is 10.1. The van der Waals surface area contributed by atoms with Gasteiger partial charge in [0.15, 0.2) is 6.10 Å². The number of nitrogens with one attached hydrogen (secondary N) is 1. The van der Waals surface area contributed by atoms with Crippen molar-refractivity contribution in [3.8, 4) is 5.75 Å². The number of methoxy groups -OCH3 is 1. The van der Waals surface area contributed by atoms with Crippen molar-refractivity contribution in [2.75, 3.05) is 20.3 Å². The van der Waals surface area contributed by atoms with E-state index in [2.05, 4.69) is 5.32 Å². The maximum atomic E-state index is 11.1. The lowest BCUT2D eigenvalue weighted by molar-refractivity contribution is -0.124. The highest BCUT2D eigenvalue weighted by Gasteiger charge is 2.14. The molecule has 19 heavy (non-hydrogen) atoms. The van der Waals surface area contributed by atoms with Gasteiger partial charge in [0.2, 0.25) is 0 Å². The number of nitrogens with two attached hydrogens (primary N) is 1. The third kappa shape index (κ3) is 4.89. The average molecular weight is 266 g/mol. The number of benzene rings is 1. The molecule has 0 aliphatic rings. The number of hydrogen-bond acceptors (Lipinski definition) is 4. The molecule has 0 fully saturated rings. The summed E-state index contributed by atoms with van der Waals surface area (Å²) in [4.78, 5) is 11.1. The van der Waals surface area contributed by atoms with E-state index in [4.69, 9.17) is 15.2 Å². The zero-order valence-electron chi connectivity index (χ0n) is 11.7. The quantitative estimate of drug-likeness (QED) is 0.688. The minimum Gasteiger partial charge on any atom is -0.480 e. The fraction of sp³-hybridized carbons (Fsp3) is 0.500. The van der Waals surface area contributed by atoms with Gasteiger partial charge in [-0.3, -0.25) is 4.79 Å². The van der Waals surface area contributed by atoms with Crippen molar-refractivity contribution in [1.82, 2.24) is 5.32 Å². The summed E-state index contributed by atoms with van der Waals surface area (Å²) in [5.74, 6) is 0.250. The molecule has 1 aromatic carbocycles. The molecule has 1 aromatic rings. The number of rotatable bonds is 8. The maximum Gasteiger partial charge on any atom is 0.258 e. The van der Waals surface area contributed by atoms with Crippen LogP contribution in [0.1, 0.15) is 18.1 Å². The van der Waals surface area contributed by atoms with Gasteiger partial charge in [-0.15, -0.1) is 0 Å². The fourth-order valence-electron chi connectivity index (χ4n) is 1.65. The molecule has 0 saturated heterocycles. The zero-order chi connectivity index (χ0) is 14.3. The second kappa shape index (κ2) is 7.76. The van der Waals surface area contributed by atoms with Crippen LogP contribution in [0.15, 0.2) is 18.2 Å². The van der Waals surface area contributed by atoms with Crippen LogP contribution in [0, 0.1) is 6.92 Å². The summed E-state index contributed by atoms with van der Waals surface area (Å²) in [5.41, 5.74) is 7.22. The van der Waals surface area contributed by atoms with Gasteiger partial charge >= 0.3 is 0 Å². The molecule has 0 aliphatic carbocycles. The van der Waals surface area contributed by atoms with E-state index in [9.17, 15) is 4.79 Å². The molecule has 0 bridgehead atoms.